The Labute approximate surface area is 641 Å². The molecule has 0 radical (unpaired) electrons. The van der Waals surface area contributed by atoms with Gasteiger partial charge in [-0.15, -0.1) is 22.7 Å². The second kappa shape index (κ2) is 48.8. The maximum atomic E-state index is 14.0. The molecule has 0 fully saturated rings. The largest absolute Gasteiger partial charge is 0.508 e. The molecule has 24 nitrogen and oxygen atoms in total. The number of unbranched alkanes of at least 4 members (excludes halogenated alkanes) is 8. The number of esters is 3. The molecular formula is C77H108N8O16S4Si. The van der Waals surface area contributed by atoms with Crippen LogP contribution in [0, 0.1) is 6.92 Å². The maximum absolute atomic E-state index is 14.0. The van der Waals surface area contributed by atoms with E-state index >= 15 is 0 Å². The van der Waals surface area contributed by atoms with Crippen molar-refractivity contribution in [2.45, 2.75) is 240 Å². The molecule has 5 rings (SSSR count). The van der Waals surface area contributed by atoms with E-state index in [1.807, 2.05) is 31.2 Å². The number of aryl methyl sites for hydroxylation is 1. The predicted octanol–water partition coefficient (Wildman–Crippen LogP) is 13.3. The van der Waals surface area contributed by atoms with Gasteiger partial charge in [-0.2, -0.15) is 0 Å². The van der Waals surface area contributed by atoms with Crippen molar-refractivity contribution in [3.8, 4) is 5.75 Å². The van der Waals surface area contributed by atoms with Gasteiger partial charge in [-0.3, -0.25) is 38.4 Å². The smallest absolute Gasteiger partial charge is 0.408 e. The zero-order valence-electron chi connectivity index (χ0n) is 63.1. The van der Waals surface area contributed by atoms with Gasteiger partial charge in [0.25, 0.3) is 23.6 Å². The van der Waals surface area contributed by atoms with Crippen molar-refractivity contribution in [1.29, 1.82) is 0 Å². The molecule has 2 bridgehead atoms. The summed E-state index contributed by atoms with van der Waals surface area (Å²) in [7, 11) is -1.47. The van der Waals surface area contributed by atoms with E-state index < -0.39 is 91.5 Å². The van der Waals surface area contributed by atoms with Gasteiger partial charge in [-0.25, -0.2) is 24.4 Å². The second-order valence-electron chi connectivity index (χ2n) is 27.4. The summed E-state index contributed by atoms with van der Waals surface area (Å²) < 4.78 is 22.4. The van der Waals surface area contributed by atoms with Crippen molar-refractivity contribution in [3.63, 3.8) is 0 Å². The third-order valence-electron chi connectivity index (χ3n) is 15.6. The van der Waals surface area contributed by atoms with Crippen LogP contribution in [0.5, 0.6) is 5.75 Å². The van der Waals surface area contributed by atoms with Crippen LogP contribution in [-0.4, -0.2) is 135 Å². The molecular weight excluding hydrogens is 1450 g/mol. The highest BCUT2D eigenvalue weighted by atomic mass is 32.2. The quantitative estimate of drug-likeness (QED) is 0.00551. The number of alkyl carbamates (subject to hydrolysis) is 1. The molecule has 2 aromatic heterocycles. The average Bonchev–Trinajstić information content (AvgIpc) is 1.37. The Balaban J connectivity index is 0.000000463. The summed E-state index contributed by atoms with van der Waals surface area (Å²) in [5.41, 5.74) is 1.62. The SMILES string of the molecule is C/C=C(\NC(=O)c1csc(CNC(=O)OC(C)(C)C)n1)C(=O)N[C@@H](Cc1ccc(C)cc1)C(=O)O[C@H](/C=C/CCSC(=O)CCCCCCC)CC(=O)OCC[Si](C)(C)C.C/C=C1\NC(=O)c2csc(n2)CNC(=O)C[C@@H](/C=C/CCSC(=O)CCCCCCC)OC(=O)[C@H](Cc2ccc(O)cc2)NC1=O. The van der Waals surface area contributed by atoms with Crippen LogP contribution in [0.2, 0.25) is 25.7 Å². The molecule has 29 heteroatoms. The van der Waals surface area contributed by atoms with Crippen LogP contribution < -0.4 is 31.9 Å². The molecule has 2 aromatic carbocycles. The van der Waals surface area contributed by atoms with Crippen molar-refractivity contribution in [3.05, 3.63) is 145 Å². The van der Waals surface area contributed by atoms with Gasteiger partial charge in [-0.1, -0.05) is 175 Å². The summed E-state index contributed by atoms with van der Waals surface area (Å²) in [4.78, 5) is 151. The van der Waals surface area contributed by atoms with E-state index in [0.717, 1.165) is 79.9 Å². The summed E-state index contributed by atoms with van der Waals surface area (Å²) in [6, 6.07) is 12.0. The standard InChI is InChI=1S/C44H66N4O9S2Si.C33H42N4O7S2/c1-10-12-13-14-15-19-39(50)58-25-17-16-18-33(28-38(49)55-24-26-60(7,8)9)56-42(53)35(27-32-22-20-31(3)21-23-32)48-40(51)34(11-2)47-41(52)36-30-59-37(46-36)29-45-43(54)57-44(4,5)6;1-3-5-6-7-8-12-30(40)45-17-10-9-11-24-19-28(39)34-20-29-35-27(21-46-29)32(42)36-25(4-2)31(41)37-26(33(43)44-24)18-22-13-15-23(38)16-14-22/h11,16,18,20-23,30,33,35H,10,12-15,17,19,24-29H2,1-9H3,(H,45,54)(H,47,52)(H,48,51);4,9,11,13-16,21,24,26,38H,3,5-8,10,12,17-20H2,1-2H3,(H,34,39)(H,36,42)(H,37,41)/b18-16+,34-11-;11-9+,25-4-/t33-,35+;24-,26+/m11/s1. The topological polar surface area (TPSA) is 343 Å². The van der Waals surface area contributed by atoms with Gasteiger partial charge in [-0.05, 0) is 109 Å². The van der Waals surface area contributed by atoms with E-state index in [9.17, 15) is 57.8 Å². The van der Waals surface area contributed by atoms with Crippen molar-refractivity contribution in [2.75, 3.05) is 18.1 Å². The third-order valence-corrected chi connectivity index (χ3v) is 21.0. The minimum atomic E-state index is -1.47. The maximum Gasteiger partial charge on any atom is 0.408 e. The highest BCUT2D eigenvalue weighted by Gasteiger charge is 2.31. The number of nitrogens with zero attached hydrogens (tertiary/aromatic N) is 2. The number of phenols is 1. The molecule has 580 valence electrons. The number of hydrogen-bond acceptors (Lipinski definition) is 22. The first-order valence-corrected chi connectivity index (χ1v) is 43.6. The molecule has 4 atom stereocenters. The van der Waals surface area contributed by atoms with Crippen LogP contribution in [0.15, 0.2) is 107 Å². The number of nitrogens with one attached hydrogen (secondary N) is 6. The van der Waals surface area contributed by atoms with Crippen LogP contribution in [0.25, 0.3) is 0 Å². The minimum absolute atomic E-state index is 0.0189. The van der Waals surface area contributed by atoms with Crippen LogP contribution >= 0.6 is 46.2 Å². The van der Waals surface area contributed by atoms with Crippen LogP contribution in [0.4, 0.5) is 4.79 Å². The molecule has 7 N–H and O–H groups in total. The number of thiazole rings is 2. The van der Waals surface area contributed by atoms with Crippen LogP contribution in [0.3, 0.4) is 0 Å². The number of amides is 6. The Morgan fingerprint density at radius 2 is 1.43 bits per heavy atom. The Morgan fingerprint density at radius 3 is 2.05 bits per heavy atom. The Bertz CT molecular complexity index is 3640. The number of benzene rings is 2. The molecule has 106 heavy (non-hydrogen) atoms. The van der Waals surface area contributed by atoms with Gasteiger partial charge in [0.1, 0.15) is 68.4 Å². The molecule has 0 unspecified atom stereocenters. The number of allylic oxidation sites excluding steroid dienone is 4. The summed E-state index contributed by atoms with van der Waals surface area (Å²) in [6.45, 7) is 21.5. The molecule has 1 aliphatic rings. The number of aromatic nitrogens is 2. The fraction of sp³-hybridized carbons (Fsp3) is 0.519. The number of ether oxygens (including phenoxy) is 4. The summed E-state index contributed by atoms with van der Waals surface area (Å²) in [5.74, 6) is -4.09. The van der Waals surface area contributed by atoms with E-state index in [-0.39, 0.29) is 84.1 Å². The Kier molecular flexibility index (Phi) is 41.5. The van der Waals surface area contributed by atoms with Crippen LogP contribution in [-0.2, 0) is 83.2 Å². The molecule has 3 heterocycles. The molecule has 0 saturated carbocycles. The van der Waals surface area contributed by atoms with Gasteiger partial charge in [0.15, 0.2) is 10.2 Å². The van der Waals surface area contributed by atoms with Crippen molar-refractivity contribution in [1.82, 2.24) is 41.9 Å². The molecule has 0 spiro atoms. The number of cyclic esters (lactones) is 1. The Morgan fingerprint density at radius 1 is 0.802 bits per heavy atom. The van der Waals surface area contributed by atoms with E-state index in [2.05, 4.69) is 75.4 Å². The first-order chi connectivity index (χ1) is 50.5. The highest BCUT2D eigenvalue weighted by molar-refractivity contribution is 8.13. The van der Waals surface area contributed by atoms with Crippen LogP contribution in [0.1, 0.15) is 199 Å². The fourth-order valence-corrected chi connectivity index (χ4v) is 13.5. The zero-order valence-corrected chi connectivity index (χ0v) is 67.4. The number of rotatable bonds is 37. The number of fused-ring (bicyclic) bond motifs is 2. The normalized spacial score (nSPS) is 15.6. The van der Waals surface area contributed by atoms with Gasteiger partial charge in [0.2, 0.25) is 5.91 Å². The number of carbonyl (C=O) groups excluding carboxylic acids is 11. The van der Waals surface area contributed by atoms with Crippen molar-refractivity contribution in [2.24, 2.45) is 0 Å². The average molecular weight is 1560 g/mol. The number of hydrogen-bond donors (Lipinski definition) is 7. The molecule has 6 amide bonds. The number of thioether (sulfide) groups is 2. The molecule has 0 aliphatic carbocycles. The lowest BCUT2D eigenvalue weighted by molar-refractivity contribution is -0.155. The van der Waals surface area contributed by atoms with Crippen molar-refractivity contribution < 1.29 is 76.8 Å². The zero-order chi connectivity index (χ0) is 78.0. The molecule has 0 saturated heterocycles. The van der Waals surface area contributed by atoms with Gasteiger partial charge >= 0.3 is 24.0 Å². The Hall–Kier alpha value is -8.25. The number of phenolic OH excluding ortho intramolecular Hbond substituents is 1. The monoisotopic (exact) mass is 1560 g/mol. The molecule has 1 aliphatic heterocycles. The summed E-state index contributed by atoms with van der Waals surface area (Å²) >= 11 is 4.87. The summed E-state index contributed by atoms with van der Waals surface area (Å²) in [6.07, 6.45) is 19.6. The third kappa shape index (κ3) is 38.3. The lowest BCUT2D eigenvalue weighted by atomic mass is 10.0. The lowest BCUT2D eigenvalue weighted by Crippen LogP contribution is -2.47. The molecule has 4 aromatic rings. The van der Waals surface area contributed by atoms with E-state index in [1.54, 1.807) is 71.1 Å². The van der Waals surface area contributed by atoms with Gasteiger partial charge < -0.3 is 56.0 Å². The van der Waals surface area contributed by atoms with Gasteiger partial charge in [0, 0.05) is 56.0 Å². The van der Waals surface area contributed by atoms with E-state index in [4.69, 9.17) is 18.9 Å². The van der Waals surface area contributed by atoms with Gasteiger partial charge in [0.05, 0.1) is 32.5 Å². The first kappa shape index (κ1) is 90.1. The number of aromatic hydroxyl groups is 1. The number of carbonyl (C=O) groups is 11. The van der Waals surface area contributed by atoms with E-state index in [0.29, 0.717) is 52.8 Å². The van der Waals surface area contributed by atoms with E-state index in [1.165, 1.54) is 82.7 Å². The van der Waals surface area contributed by atoms with Crippen molar-refractivity contribution >= 4 is 118 Å². The lowest BCUT2D eigenvalue weighted by Gasteiger charge is -2.22. The highest BCUT2D eigenvalue weighted by Crippen LogP contribution is 2.21. The fourth-order valence-electron chi connectivity index (χ4n) is 9.79. The first-order valence-electron chi connectivity index (χ1n) is 36.2. The predicted molar refractivity (Wildman–Crippen MR) is 419 cm³/mol. The summed E-state index contributed by atoms with van der Waals surface area (Å²) in [5, 5.41) is 29.7. The minimum Gasteiger partial charge on any atom is -0.508 e. The second-order valence-corrected chi connectivity index (χ2v) is 37.2.